The summed E-state index contributed by atoms with van der Waals surface area (Å²) < 4.78 is 16.8. The van der Waals surface area contributed by atoms with Gasteiger partial charge in [0.05, 0.1) is 0 Å². The molecule has 0 bridgehead atoms. The Labute approximate surface area is 430 Å². The number of carbonyl (C=O) groups is 3. The highest BCUT2D eigenvalue weighted by Crippen LogP contribution is 2.13. The first-order chi connectivity index (χ1) is 34.5. The van der Waals surface area contributed by atoms with Crippen molar-refractivity contribution in [2.24, 2.45) is 0 Å². The molecule has 0 aliphatic carbocycles. The van der Waals surface area contributed by atoms with Crippen LogP contribution in [0.1, 0.15) is 233 Å². The summed E-state index contributed by atoms with van der Waals surface area (Å²) in [6, 6.07) is 0. The minimum atomic E-state index is -0.808. The molecule has 6 heteroatoms. The molecule has 0 aromatic heterocycles. The van der Waals surface area contributed by atoms with E-state index in [1.807, 2.05) is 0 Å². The smallest absolute Gasteiger partial charge is 0.306 e. The largest absolute Gasteiger partial charge is 0.462 e. The molecule has 0 rings (SSSR count). The third-order valence-corrected chi connectivity index (χ3v) is 11.4. The molecule has 0 amide bonds. The van der Waals surface area contributed by atoms with Gasteiger partial charge in [-0.1, -0.05) is 231 Å². The van der Waals surface area contributed by atoms with Crippen molar-refractivity contribution < 1.29 is 28.6 Å². The van der Waals surface area contributed by atoms with Crippen LogP contribution in [0.25, 0.3) is 0 Å². The average Bonchev–Trinajstić information content (AvgIpc) is 3.36. The Morgan fingerprint density at radius 1 is 0.300 bits per heavy atom. The zero-order valence-electron chi connectivity index (χ0n) is 45.0. The van der Waals surface area contributed by atoms with Crippen LogP contribution in [0.5, 0.6) is 0 Å². The van der Waals surface area contributed by atoms with Gasteiger partial charge in [-0.15, -0.1) is 0 Å². The highest BCUT2D eigenvalue weighted by atomic mass is 16.6. The molecule has 394 valence electrons. The van der Waals surface area contributed by atoms with Crippen LogP contribution in [0.3, 0.4) is 0 Å². The molecule has 70 heavy (non-hydrogen) atoms. The van der Waals surface area contributed by atoms with E-state index < -0.39 is 6.10 Å². The number of rotatable bonds is 49. The van der Waals surface area contributed by atoms with Crippen LogP contribution >= 0.6 is 0 Å². The van der Waals surface area contributed by atoms with E-state index in [0.29, 0.717) is 19.3 Å². The van der Waals surface area contributed by atoms with Gasteiger partial charge in [0.2, 0.25) is 0 Å². The molecule has 6 nitrogen and oxygen atoms in total. The van der Waals surface area contributed by atoms with Crippen molar-refractivity contribution >= 4 is 17.9 Å². The zero-order chi connectivity index (χ0) is 50.7. The van der Waals surface area contributed by atoms with Gasteiger partial charge in [-0.3, -0.25) is 14.4 Å². The highest BCUT2D eigenvalue weighted by Gasteiger charge is 2.19. The van der Waals surface area contributed by atoms with E-state index in [0.717, 1.165) is 128 Å². The summed E-state index contributed by atoms with van der Waals surface area (Å²) in [5.74, 6) is -0.968. The second-order valence-electron chi connectivity index (χ2n) is 18.1. The molecule has 0 fully saturated rings. The monoisotopic (exact) mass is 967 g/mol. The molecule has 0 heterocycles. The van der Waals surface area contributed by atoms with Gasteiger partial charge >= 0.3 is 17.9 Å². The van der Waals surface area contributed by atoms with Crippen LogP contribution in [0.15, 0.2) is 134 Å². The normalized spacial score (nSPS) is 13.1. The molecule has 0 N–H and O–H groups in total. The van der Waals surface area contributed by atoms with Crippen LogP contribution in [-0.4, -0.2) is 37.2 Å². The number of esters is 3. The van der Waals surface area contributed by atoms with Gasteiger partial charge in [-0.2, -0.15) is 0 Å². The van der Waals surface area contributed by atoms with E-state index in [2.05, 4.69) is 154 Å². The molecule has 0 spiro atoms. The number of carbonyl (C=O) groups excluding carboxylic acids is 3. The lowest BCUT2D eigenvalue weighted by molar-refractivity contribution is -0.167. The van der Waals surface area contributed by atoms with Crippen LogP contribution in [-0.2, 0) is 28.6 Å². The fraction of sp³-hybridized carbons (Fsp3) is 0.609. The van der Waals surface area contributed by atoms with E-state index in [1.165, 1.54) is 57.8 Å². The van der Waals surface area contributed by atoms with E-state index in [-0.39, 0.29) is 37.5 Å². The number of unbranched alkanes of at least 4 members (excludes halogenated alkanes) is 16. The summed E-state index contributed by atoms with van der Waals surface area (Å²) in [5, 5.41) is 0. The predicted molar refractivity (Wildman–Crippen MR) is 302 cm³/mol. The quantitative estimate of drug-likeness (QED) is 0.0262. The van der Waals surface area contributed by atoms with Crippen molar-refractivity contribution in [3.8, 4) is 0 Å². The molecule has 0 aromatic carbocycles. The lowest BCUT2D eigenvalue weighted by Crippen LogP contribution is -2.30. The summed E-state index contributed by atoms with van der Waals surface area (Å²) in [6.07, 6.45) is 80.2. The van der Waals surface area contributed by atoms with Crippen molar-refractivity contribution in [1.29, 1.82) is 0 Å². The minimum Gasteiger partial charge on any atom is -0.462 e. The Kier molecular flexibility index (Phi) is 53.5. The number of allylic oxidation sites excluding steroid dienone is 22. The van der Waals surface area contributed by atoms with E-state index in [1.54, 1.807) is 0 Å². The van der Waals surface area contributed by atoms with Crippen LogP contribution < -0.4 is 0 Å². The predicted octanol–water partition coefficient (Wildman–Crippen LogP) is 19.0. The first-order valence-corrected chi connectivity index (χ1v) is 28.2. The first kappa shape index (κ1) is 65.5. The van der Waals surface area contributed by atoms with Crippen molar-refractivity contribution in [3.63, 3.8) is 0 Å². The maximum atomic E-state index is 12.8. The molecule has 1 unspecified atom stereocenters. The minimum absolute atomic E-state index is 0.103. The van der Waals surface area contributed by atoms with Gasteiger partial charge < -0.3 is 14.2 Å². The molecule has 0 aromatic rings. The van der Waals surface area contributed by atoms with Crippen LogP contribution in [0.4, 0.5) is 0 Å². The Balaban J connectivity index is 4.38. The Bertz CT molecular complexity index is 1530. The summed E-state index contributed by atoms with van der Waals surface area (Å²) >= 11 is 0. The van der Waals surface area contributed by atoms with Crippen LogP contribution in [0, 0.1) is 0 Å². The van der Waals surface area contributed by atoms with Crippen molar-refractivity contribution in [2.45, 2.75) is 239 Å². The van der Waals surface area contributed by atoms with Gasteiger partial charge in [-0.05, 0) is 116 Å². The lowest BCUT2D eigenvalue weighted by atomic mass is 10.1. The Hall–Kier alpha value is -4.45. The molecule has 0 saturated heterocycles. The van der Waals surface area contributed by atoms with Crippen molar-refractivity contribution in [3.05, 3.63) is 134 Å². The maximum absolute atomic E-state index is 12.8. The topological polar surface area (TPSA) is 78.9 Å². The average molecular weight is 968 g/mol. The van der Waals surface area contributed by atoms with E-state index in [4.69, 9.17) is 14.2 Å². The fourth-order valence-corrected chi connectivity index (χ4v) is 7.24. The molecule has 0 saturated carbocycles. The third-order valence-electron chi connectivity index (χ3n) is 11.4. The van der Waals surface area contributed by atoms with E-state index in [9.17, 15) is 14.4 Å². The van der Waals surface area contributed by atoms with Gasteiger partial charge in [-0.25, -0.2) is 0 Å². The second kappa shape index (κ2) is 57.1. The van der Waals surface area contributed by atoms with Gasteiger partial charge in [0, 0.05) is 19.3 Å². The Morgan fingerprint density at radius 3 is 0.900 bits per heavy atom. The van der Waals surface area contributed by atoms with E-state index >= 15 is 0 Å². The van der Waals surface area contributed by atoms with Gasteiger partial charge in [0.15, 0.2) is 6.10 Å². The highest BCUT2D eigenvalue weighted by molar-refractivity contribution is 5.71. The molecule has 0 aliphatic rings. The molecule has 0 radical (unpaired) electrons. The van der Waals surface area contributed by atoms with Crippen LogP contribution in [0.2, 0.25) is 0 Å². The molecular formula is C64H102O6. The Morgan fingerprint density at radius 2 is 0.557 bits per heavy atom. The number of hydrogen-bond acceptors (Lipinski definition) is 6. The second-order valence-corrected chi connectivity index (χ2v) is 18.1. The summed E-state index contributed by atoms with van der Waals surface area (Å²) in [5.41, 5.74) is 0. The first-order valence-electron chi connectivity index (χ1n) is 28.2. The summed E-state index contributed by atoms with van der Waals surface area (Å²) in [6.45, 7) is 6.32. The third kappa shape index (κ3) is 54.5. The molecule has 1 atom stereocenters. The molecule has 0 aliphatic heterocycles. The number of hydrogen-bond donors (Lipinski definition) is 0. The maximum Gasteiger partial charge on any atom is 0.306 e. The van der Waals surface area contributed by atoms with Gasteiger partial charge in [0.1, 0.15) is 13.2 Å². The zero-order valence-corrected chi connectivity index (χ0v) is 45.0. The summed E-state index contributed by atoms with van der Waals surface area (Å²) in [7, 11) is 0. The van der Waals surface area contributed by atoms with Crippen molar-refractivity contribution in [1.82, 2.24) is 0 Å². The summed E-state index contributed by atoms with van der Waals surface area (Å²) in [4.78, 5) is 38.0. The van der Waals surface area contributed by atoms with Crippen molar-refractivity contribution in [2.75, 3.05) is 13.2 Å². The fourth-order valence-electron chi connectivity index (χ4n) is 7.24. The van der Waals surface area contributed by atoms with Gasteiger partial charge in [0.25, 0.3) is 0 Å². The standard InChI is InChI=1S/C64H102O6/c1-4-7-10-13-16-19-21-23-25-27-29-31-32-34-35-37-39-41-43-45-48-51-54-57-63(66)69-60-61(59-68-62(65)56-53-50-47-18-15-12-9-6-3)70-64(67)58-55-52-49-46-44-42-40-38-36-33-30-28-26-24-22-20-17-14-11-8-5-2/h7-8,10-11,16-17,19-20,23-26,29-31,33-35,38,40,44,46,61H,4-6,9,12-15,18,21-22,27-28,32,36-37,39,41-43,45,47-60H2,1-3H3/b10-7-,11-8-,19-16-,20-17-,25-23-,26-24-,31-29-,33-30-,35-34-,40-38-,46-44-. The SMILES string of the molecule is CC/C=C\C/C=C\C/C=C\C/C=C\C/C=C\C/C=C\CCCCC(=O)OC(COC(=O)CCCCCCCCCC)COC(=O)CCCCCCCCC/C=C\C/C=C\C/C=C\C/C=C\C/C=C\CC. The molecular weight excluding hydrogens is 865 g/mol. The number of ether oxygens (including phenoxy) is 3. The lowest BCUT2D eigenvalue weighted by Gasteiger charge is -2.18.